The van der Waals surface area contributed by atoms with Crippen LogP contribution in [0.4, 0.5) is 0 Å². The predicted octanol–water partition coefficient (Wildman–Crippen LogP) is 3.64. The first-order chi connectivity index (χ1) is 9.70. The van der Waals surface area contributed by atoms with E-state index < -0.39 is 0 Å². The van der Waals surface area contributed by atoms with Gasteiger partial charge in [0, 0.05) is 12.6 Å². The number of hydrogen-bond donors (Lipinski definition) is 2. The molecule has 0 aromatic heterocycles. The van der Waals surface area contributed by atoms with Gasteiger partial charge in [-0.05, 0) is 37.1 Å². The van der Waals surface area contributed by atoms with Crippen molar-refractivity contribution in [1.82, 2.24) is 5.32 Å². The van der Waals surface area contributed by atoms with E-state index in [1.807, 2.05) is 37.3 Å². The molecule has 2 aromatic carbocycles. The van der Waals surface area contributed by atoms with Gasteiger partial charge in [-0.25, -0.2) is 0 Å². The third-order valence-corrected chi connectivity index (χ3v) is 3.24. The highest BCUT2D eigenvalue weighted by molar-refractivity contribution is 5.41. The minimum atomic E-state index is 0.187. The summed E-state index contributed by atoms with van der Waals surface area (Å²) in [4.78, 5) is 0. The molecule has 0 aliphatic carbocycles. The summed E-state index contributed by atoms with van der Waals surface area (Å²) in [5, 5.41) is 13.1. The van der Waals surface area contributed by atoms with E-state index in [2.05, 4.69) is 24.4 Å². The third kappa shape index (κ3) is 3.75. The number of phenols is 1. The Hall–Kier alpha value is -2.00. The van der Waals surface area contributed by atoms with Gasteiger partial charge in [-0.1, -0.05) is 36.4 Å². The molecule has 0 radical (unpaired) electrons. The van der Waals surface area contributed by atoms with E-state index in [1.165, 1.54) is 5.56 Å². The van der Waals surface area contributed by atoms with Crippen molar-refractivity contribution in [3.63, 3.8) is 0 Å². The van der Waals surface area contributed by atoms with E-state index in [1.54, 1.807) is 6.07 Å². The second-order valence-corrected chi connectivity index (χ2v) is 4.75. The Labute approximate surface area is 120 Å². The SMILES string of the molecule is CCOc1cc(CN[C@H](C)c2ccccc2)ccc1O. The van der Waals surface area contributed by atoms with Crippen LogP contribution < -0.4 is 10.1 Å². The van der Waals surface area contributed by atoms with E-state index in [0.29, 0.717) is 12.4 Å². The Kier molecular flexibility index (Phi) is 5.02. The monoisotopic (exact) mass is 271 g/mol. The first kappa shape index (κ1) is 14.4. The summed E-state index contributed by atoms with van der Waals surface area (Å²) in [6.45, 7) is 5.32. The van der Waals surface area contributed by atoms with Crippen LogP contribution in [0.3, 0.4) is 0 Å². The van der Waals surface area contributed by atoms with E-state index in [9.17, 15) is 5.11 Å². The molecule has 0 aliphatic rings. The van der Waals surface area contributed by atoms with Crippen LogP contribution in [0.25, 0.3) is 0 Å². The molecule has 20 heavy (non-hydrogen) atoms. The number of phenolic OH excluding ortho intramolecular Hbond substituents is 1. The molecule has 3 heteroatoms. The van der Waals surface area contributed by atoms with Gasteiger partial charge in [0.15, 0.2) is 11.5 Å². The molecule has 3 nitrogen and oxygen atoms in total. The van der Waals surface area contributed by atoms with Crippen molar-refractivity contribution in [2.24, 2.45) is 0 Å². The molecule has 106 valence electrons. The van der Waals surface area contributed by atoms with Crippen molar-refractivity contribution in [1.29, 1.82) is 0 Å². The Morgan fingerprint density at radius 1 is 1.15 bits per heavy atom. The van der Waals surface area contributed by atoms with Crippen LogP contribution in [-0.4, -0.2) is 11.7 Å². The van der Waals surface area contributed by atoms with Gasteiger partial charge in [0.2, 0.25) is 0 Å². The average Bonchev–Trinajstić information content (AvgIpc) is 2.49. The molecule has 0 unspecified atom stereocenters. The fourth-order valence-electron chi connectivity index (χ4n) is 2.07. The maximum atomic E-state index is 9.68. The van der Waals surface area contributed by atoms with Gasteiger partial charge in [-0.3, -0.25) is 0 Å². The van der Waals surface area contributed by atoms with Gasteiger partial charge >= 0.3 is 0 Å². The number of rotatable bonds is 6. The summed E-state index contributed by atoms with van der Waals surface area (Å²) in [5.41, 5.74) is 2.35. The van der Waals surface area contributed by atoms with E-state index in [-0.39, 0.29) is 11.8 Å². The average molecular weight is 271 g/mol. The molecule has 2 N–H and O–H groups in total. The molecule has 0 aliphatic heterocycles. The van der Waals surface area contributed by atoms with Gasteiger partial charge in [-0.15, -0.1) is 0 Å². The third-order valence-electron chi connectivity index (χ3n) is 3.24. The van der Waals surface area contributed by atoms with Crippen LogP contribution in [0.5, 0.6) is 11.5 Å². The fourth-order valence-corrected chi connectivity index (χ4v) is 2.07. The number of benzene rings is 2. The fraction of sp³-hybridized carbons (Fsp3) is 0.294. The first-order valence-electron chi connectivity index (χ1n) is 6.93. The lowest BCUT2D eigenvalue weighted by Gasteiger charge is -2.15. The zero-order chi connectivity index (χ0) is 14.4. The summed E-state index contributed by atoms with van der Waals surface area (Å²) < 4.78 is 5.39. The lowest BCUT2D eigenvalue weighted by Crippen LogP contribution is -2.18. The zero-order valence-electron chi connectivity index (χ0n) is 12.0. The molecule has 0 saturated carbocycles. The van der Waals surface area contributed by atoms with Crippen LogP contribution in [-0.2, 0) is 6.54 Å². The maximum Gasteiger partial charge on any atom is 0.161 e. The summed E-state index contributed by atoms with van der Waals surface area (Å²) in [7, 11) is 0. The molecule has 1 atom stereocenters. The minimum absolute atomic E-state index is 0.187. The molecule has 2 rings (SSSR count). The van der Waals surface area contributed by atoms with Crippen molar-refractivity contribution in [3.8, 4) is 11.5 Å². The topological polar surface area (TPSA) is 41.5 Å². The van der Waals surface area contributed by atoms with Gasteiger partial charge in [0.25, 0.3) is 0 Å². The predicted molar refractivity (Wildman–Crippen MR) is 81.0 cm³/mol. The Bertz CT molecular complexity index is 540. The standard InChI is InChI=1S/C17H21NO2/c1-3-20-17-11-14(9-10-16(17)19)12-18-13(2)15-7-5-4-6-8-15/h4-11,13,18-19H,3,12H2,1-2H3/t13-/m1/s1. The molecule has 0 fully saturated rings. The first-order valence-corrected chi connectivity index (χ1v) is 6.93. The van der Waals surface area contributed by atoms with E-state index >= 15 is 0 Å². The van der Waals surface area contributed by atoms with E-state index in [4.69, 9.17) is 4.74 Å². The highest BCUT2D eigenvalue weighted by atomic mass is 16.5. The van der Waals surface area contributed by atoms with Gasteiger partial charge in [0.1, 0.15) is 0 Å². The lowest BCUT2D eigenvalue weighted by molar-refractivity contribution is 0.317. The Morgan fingerprint density at radius 2 is 1.90 bits per heavy atom. The number of nitrogens with one attached hydrogen (secondary N) is 1. The van der Waals surface area contributed by atoms with Crippen LogP contribution in [0.15, 0.2) is 48.5 Å². The molecular formula is C17H21NO2. The molecular weight excluding hydrogens is 250 g/mol. The van der Waals surface area contributed by atoms with Gasteiger partial charge in [-0.2, -0.15) is 0 Å². The number of hydrogen-bond acceptors (Lipinski definition) is 3. The van der Waals surface area contributed by atoms with Crippen LogP contribution in [0.2, 0.25) is 0 Å². The van der Waals surface area contributed by atoms with Crippen molar-refractivity contribution in [3.05, 3.63) is 59.7 Å². The summed E-state index contributed by atoms with van der Waals surface area (Å²) in [6, 6.07) is 16.1. The molecule has 0 amide bonds. The van der Waals surface area contributed by atoms with Crippen LogP contribution in [0, 0.1) is 0 Å². The molecule has 2 aromatic rings. The summed E-state index contributed by atoms with van der Waals surface area (Å²) in [5.74, 6) is 0.728. The highest BCUT2D eigenvalue weighted by Crippen LogP contribution is 2.27. The minimum Gasteiger partial charge on any atom is -0.504 e. The molecule has 0 bridgehead atoms. The number of ether oxygens (including phenoxy) is 1. The second-order valence-electron chi connectivity index (χ2n) is 4.75. The normalized spacial score (nSPS) is 12.1. The molecule has 0 saturated heterocycles. The summed E-state index contributed by atoms with van der Waals surface area (Å²) >= 11 is 0. The maximum absolute atomic E-state index is 9.68. The Morgan fingerprint density at radius 3 is 2.60 bits per heavy atom. The van der Waals surface area contributed by atoms with Crippen LogP contribution in [0.1, 0.15) is 31.0 Å². The molecule has 0 heterocycles. The van der Waals surface area contributed by atoms with Crippen molar-refractivity contribution in [2.75, 3.05) is 6.61 Å². The second kappa shape index (κ2) is 6.96. The largest absolute Gasteiger partial charge is 0.504 e. The summed E-state index contributed by atoms with van der Waals surface area (Å²) in [6.07, 6.45) is 0. The molecule has 0 spiro atoms. The smallest absolute Gasteiger partial charge is 0.161 e. The van der Waals surface area contributed by atoms with Crippen molar-refractivity contribution in [2.45, 2.75) is 26.4 Å². The lowest BCUT2D eigenvalue weighted by atomic mass is 10.1. The highest BCUT2D eigenvalue weighted by Gasteiger charge is 2.06. The quantitative estimate of drug-likeness (QED) is 0.842. The van der Waals surface area contributed by atoms with Crippen LogP contribution >= 0.6 is 0 Å². The van der Waals surface area contributed by atoms with Gasteiger partial charge in [0.05, 0.1) is 6.61 Å². The van der Waals surface area contributed by atoms with Gasteiger partial charge < -0.3 is 15.2 Å². The number of aromatic hydroxyl groups is 1. The van der Waals surface area contributed by atoms with Crippen molar-refractivity contribution >= 4 is 0 Å². The Balaban J connectivity index is 1.98. The van der Waals surface area contributed by atoms with Crippen molar-refractivity contribution < 1.29 is 9.84 Å². The zero-order valence-corrected chi connectivity index (χ0v) is 12.0. The van der Waals surface area contributed by atoms with E-state index in [0.717, 1.165) is 12.1 Å².